The van der Waals surface area contributed by atoms with Gasteiger partial charge in [0.2, 0.25) is 6.04 Å². The maximum Gasteiger partial charge on any atom is 0.316 e. The van der Waals surface area contributed by atoms with Gasteiger partial charge in [-0.25, -0.2) is 0 Å². The van der Waals surface area contributed by atoms with Crippen molar-refractivity contribution < 1.29 is 19.2 Å². The molecule has 1 saturated carbocycles. The van der Waals surface area contributed by atoms with Gasteiger partial charge >= 0.3 is 5.97 Å². The molecule has 0 heterocycles. The summed E-state index contributed by atoms with van der Waals surface area (Å²) in [6, 6.07) is 6.10. The lowest BCUT2D eigenvalue weighted by molar-refractivity contribution is -0.497. The van der Waals surface area contributed by atoms with E-state index in [1.54, 1.807) is 23.9 Å². The summed E-state index contributed by atoms with van der Waals surface area (Å²) in [5.74, 6) is -1.68. The predicted molar refractivity (Wildman–Crippen MR) is 72.4 cm³/mol. The Labute approximate surface area is 119 Å². The van der Waals surface area contributed by atoms with Gasteiger partial charge in [0.15, 0.2) is 12.4 Å². The van der Waals surface area contributed by atoms with E-state index < -0.39 is 22.9 Å². The number of hydrogen-bond acceptors (Lipinski definition) is 6. The number of ketones is 1. The van der Waals surface area contributed by atoms with E-state index in [1.807, 2.05) is 18.4 Å². The summed E-state index contributed by atoms with van der Waals surface area (Å²) in [4.78, 5) is 34.2. The first-order valence-electron chi connectivity index (χ1n) is 6.00. The molecular formula is C13H13NO5S. The van der Waals surface area contributed by atoms with Crippen LogP contribution in [0, 0.1) is 16.0 Å². The van der Waals surface area contributed by atoms with Crippen molar-refractivity contribution in [3.05, 3.63) is 39.9 Å². The van der Waals surface area contributed by atoms with Crippen LogP contribution in [0.1, 0.15) is 16.8 Å². The molecule has 1 aliphatic carbocycles. The van der Waals surface area contributed by atoms with Gasteiger partial charge in [-0.3, -0.25) is 19.7 Å². The van der Waals surface area contributed by atoms with E-state index in [0.29, 0.717) is 5.56 Å². The van der Waals surface area contributed by atoms with Crippen molar-refractivity contribution in [3.63, 3.8) is 0 Å². The Morgan fingerprint density at radius 2 is 2.05 bits per heavy atom. The minimum Gasteiger partial charge on any atom is -0.457 e. The van der Waals surface area contributed by atoms with Gasteiger partial charge in [-0.1, -0.05) is 12.1 Å². The monoisotopic (exact) mass is 295 g/mol. The molecule has 0 radical (unpaired) electrons. The molecule has 1 aliphatic rings. The highest BCUT2D eigenvalue weighted by Crippen LogP contribution is 2.34. The molecule has 0 amide bonds. The maximum atomic E-state index is 11.8. The number of benzene rings is 1. The minimum atomic E-state index is -0.849. The third kappa shape index (κ3) is 3.36. The van der Waals surface area contributed by atoms with Crippen molar-refractivity contribution >= 4 is 23.5 Å². The van der Waals surface area contributed by atoms with E-state index in [1.165, 1.54) is 0 Å². The van der Waals surface area contributed by atoms with Crippen molar-refractivity contribution in [2.45, 2.75) is 17.4 Å². The van der Waals surface area contributed by atoms with Crippen molar-refractivity contribution in [3.8, 4) is 0 Å². The first-order valence-corrected chi connectivity index (χ1v) is 7.22. The van der Waals surface area contributed by atoms with Crippen LogP contribution in [0.5, 0.6) is 0 Å². The van der Waals surface area contributed by atoms with Gasteiger partial charge < -0.3 is 4.74 Å². The average Bonchev–Trinajstić information content (AvgIpc) is 3.25. The number of carbonyl (C=O) groups is 2. The van der Waals surface area contributed by atoms with Crippen LogP contribution >= 0.6 is 11.8 Å². The lowest BCUT2D eigenvalue weighted by Gasteiger charge is -2.04. The average molecular weight is 295 g/mol. The Morgan fingerprint density at radius 3 is 2.55 bits per heavy atom. The number of thioether (sulfide) groups is 1. The van der Waals surface area contributed by atoms with Gasteiger partial charge in [-0.05, 0) is 18.4 Å². The zero-order valence-electron chi connectivity index (χ0n) is 10.8. The summed E-state index contributed by atoms with van der Waals surface area (Å²) >= 11 is 1.56. The van der Waals surface area contributed by atoms with Crippen LogP contribution in [0.4, 0.5) is 0 Å². The van der Waals surface area contributed by atoms with Crippen LogP contribution in [0.15, 0.2) is 29.2 Å². The second-order valence-corrected chi connectivity index (χ2v) is 5.33. The van der Waals surface area contributed by atoms with Gasteiger partial charge in [0.05, 0.1) is 0 Å². The van der Waals surface area contributed by atoms with E-state index in [-0.39, 0.29) is 18.8 Å². The number of nitro groups is 1. The summed E-state index contributed by atoms with van der Waals surface area (Å²) in [6.07, 6.45) is 2.13. The van der Waals surface area contributed by atoms with Crippen LogP contribution in [0.2, 0.25) is 0 Å². The second-order valence-electron chi connectivity index (χ2n) is 4.45. The van der Waals surface area contributed by atoms with E-state index >= 15 is 0 Å². The zero-order valence-corrected chi connectivity index (χ0v) is 11.6. The molecule has 6 nitrogen and oxygen atoms in total. The van der Waals surface area contributed by atoms with Gasteiger partial charge in [-0.15, -0.1) is 11.8 Å². The topological polar surface area (TPSA) is 86.5 Å². The molecule has 0 spiro atoms. The number of hydrogen-bond donors (Lipinski definition) is 0. The third-order valence-electron chi connectivity index (χ3n) is 3.09. The molecular weight excluding hydrogens is 282 g/mol. The van der Waals surface area contributed by atoms with Crippen LogP contribution in [-0.4, -0.2) is 35.6 Å². The summed E-state index contributed by atoms with van der Waals surface area (Å²) in [5, 5.41) is 10.4. The second kappa shape index (κ2) is 6.04. The van der Waals surface area contributed by atoms with Gasteiger partial charge in [0.1, 0.15) is 5.92 Å². The van der Waals surface area contributed by atoms with Crippen molar-refractivity contribution in [1.82, 2.24) is 0 Å². The fourth-order valence-electron chi connectivity index (χ4n) is 1.77. The molecule has 1 aromatic rings. The summed E-state index contributed by atoms with van der Waals surface area (Å²) in [7, 11) is 0. The summed E-state index contributed by atoms with van der Waals surface area (Å²) in [6.45, 7) is -0.377. The molecule has 7 heteroatoms. The number of esters is 1. The zero-order chi connectivity index (χ0) is 14.7. The van der Waals surface area contributed by atoms with Crippen molar-refractivity contribution in [1.29, 1.82) is 0 Å². The smallest absolute Gasteiger partial charge is 0.316 e. The van der Waals surface area contributed by atoms with Crippen LogP contribution in [0.3, 0.4) is 0 Å². The Morgan fingerprint density at radius 1 is 1.40 bits per heavy atom. The fourth-order valence-corrected chi connectivity index (χ4v) is 2.18. The lowest BCUT2D eigenvalue weighted by Crippen LogP contribution is -2.18. The lowest BCUT2D eigenvalue weighted by atomic mass is 10.1. The molecule has 2 atom stereocenters. The van der Waals surface area contributed by atoms with E-state index in [0.717, 1.165) is 4.90 Å². The molecule has 20 heavy (non-hydrogen) atoms. The molecule has 0 aromatic heterocycles. The van der Waals surface area contributed by atoms with Crippen molar-refractivity contribution in [2.24, 2.45) is 5.92 Å². The quantitative estimate of drug-likeness (QED) is 0.261. The Hall–Kier alpha value is -1.89. The number of rotatable bonds is 6. The molecule has 0 N–H and O–H groups in total. The number of Topliss-reactive ketones (excluding diaryl/α,β-unsaturated/α-hetero) is 1. The molecule has 1 fully saturated rings. The molecule has 106 valence electrons. The Kier molecular flexibility index (Phi) is 4.39. The van der Waals surface area contributed by atoms with Crippen molar-refractivity contribution in [2.75, 3.05) is 12.9 Å². The first-order chi connectivity index (χ1) is 9.52. The number of ether oxygens (including phenoxy) is 1. The number of nitrogens with zero attached hydrogens (tertiary/aromatic N) is 1. The van der Waals surface area contributed by atoms with E-state index in [4.69, 9.17) is 4.74 Å². The highest BCUT2D eigenvalue weighted by Gasteiger charge is 2.54. The first kappa shape index (κ1) is 14.5. The third-order valence-corrected chi connectivity index (χ3v) is 3.83. The Balaban J connectivity index is 1.83. The molecule has 0 aliphatic heterocycles. The predicted octanol–water partition coefficient (Wildman–Crippen LogP) is 1.80. The minimum absolute atomic E-state index is 0.197. The summed E-state index contributed by atoms with van der Waals surface area (Å²) in [5.41, 5.74) is 0.456. The van der Waals surface area contributed by atoms with Crippen LogP contribution in [0.25, 0.3) is 0 Å². The van der Waals surface area contributed by atoms with Gasteiger partial charge in [-0.2, -0.15) is 0 Å². The molecule has 0 saturated heterocycles. The fraction of sp³-hybridized carbons (Fsp3) is 0.385. The van der Waals surface area contributed by atoms with Gasteiger partial charge in [0.25, 0.3) is 0 Å². The van der Waals surface area contributed by atoms with E-state index in [9.17, 15) is 19.7 Å². The van der Waals surface area contributed by atoms with Crippen LogP contribution in [-0.2, 0) is 9.53 Å². The van der Waals surface area contributed by atoms with Gasteiger partial charge in [0, 0.05) is 21.8 Å². The standard InChI is InChI=1S/C13H13NO5S/c1-20-9-4-2-8(3-5-9)12(15)7-19-13(16)10-6-11(10)14(17)18/h2-5,10-11H,6-7H2,1H3. The van der Waals surface area contributed by atoms with Crippen LogP contribution < -0.4 is 0 Å². The highest BCUT2D eigenvalue weighted by molar-refractivity contribution is 7.98. The molecule has 1 aromatic carbocycles. The maximum absolute atomic E-state index is 11.8. The molecule has 2 rings (SSSR count). The largest absolute Gasteiger partial charge is 0.457 e. The highest BCUT2D eigenvalue weighted by atomic mass is 32.2. The number of carbonyl (C=O) groups excluding carboxylic acids is 2. The normalized spacial score (nSPS) is 20.2. The van der Waals surface area contributed by atoms with E-state index in [2.05, 4.69) is 0 Å². The Bertz CT molecular complexity index is 542. The molecule has 0 bridgehead atoms. The summed E-state index contributed by atoms with van der Waals surface area (Å²) < 4.78 is 4.82. The molecule has 2 unspecified atom stereocenters. The SMILES string of the molecule is CSc1ccc(C(=O)COC(=O)C2CC2[N+](=O)[O-])cc1.